The van der Waals surface area contributed by atoms with E-state index in [4.69, 9.17) is 30.5 Å². The van der Waals surface area contributed by atoms with Crippen LogP contribution in [-0.4, -0.2) is 28.7 Å². The van der Waals surface area contributed by atoms with Gasteiger partial charge < -0.3 is 18.9 Å². The summed E-state index contributed by atoms with van der Waals surface area (Å²) in [7, 11) is 0. The number of hydrogen-bond donors (Lipinski definition) is 0. The number of aryl methyl sites for hydroxylation is 3. The van der Waals surface area contributed by atoms with E-state index in [1.54, 1.807) is 6.20 Å². The monoisotopic (exact) mass is 850 g/mol. The topological polar surface area (TPSA) is 71.8 Å². The predicted octanol–water partition coefficient (Wildman–Crippen LogP) is 13.5. The molecule has 0 atom stereocenters. The molecule has 60 heavy (non-hydrogen) atoms. The van der Waals surface area contributed by atoms with Gasteiger partial charge in [-0.3, -0.25) is 4.79 Å². The van der Waals surface area contributed by atoms with Crippen LogP contribution in [0.2, 0.25) is 5.02 Å². The minimum atomic E-state index is -0.418. The van der Waals surface area contributed by atoms with Crippen molar-refractivity contribution in [3.05, 3.63) is 165 Å². The number of rotatable bonds is 16. The number of para-hydroxylation sites is 2. The fourth-order valence-electron chi connectivity index (χ4n) is 6.56. The van der Waals surface area contributed by atoms with E-state index in [1.807, 2.05) is 139 Å². The molecule has 0 radical (unpaired) electrons. The molecule has 0 aliphatic heterocycles. The third-order valence-corrected chi connectivity index (χ3v) is 11.2. The Balaban J connectivity index is 0.000000228. The van der Waals surface area contributed by atoms with Crippen LogP contribution < -0.4 is 24.5 Å². The normalized spacial score (nSPS) is 11.4. The molecule has 10 heteroatoms. The van der Waals surface area contributed by atoms with Crippen molar-refractivity contribution in [3.63, 3.8) is 0 Å². The van der Waals surface area contributed by atoms with Gasteiger partial charge in [-0.2, -0.15) is 5.10 Å². The smallest absolute Gasteiger partial charge is 0.287 e. The van der Waals surface area contributed by atoms with E-state index in [1.165, 1.54) is 28.1 Å². The van der Waals surface area contributed by atoms with Gasteiger partial charge in [0.05, 0.1) is 29.8 Å². The Kier molecular flexibility index (Phi) is 16.3. The van der Waals surface area contributed by atoms with Crippen molar-refractivity contribution >= 4 is 23.4 Å². The molecule has 7 nitrogen and oxygen atoms in total. The first-order valence-corrected chi connectivity index (χ1v) is 21.6. The molecule has 0 unspecified atom stereocenters. The Morgan fingerprint density at radius 1 is 0.750 bits per heavy atom. The van der Waals surface area contributed by atoms with E-state index >= 15 is 0 Å². The van der Waals surface area contributed by atoms with E-state index in [0.29, 0.717) is 29.6 Å². The summed E-state index contributed by atoms with van der Waals surface area (Å²) in [4.78, 5) is 13.1. The second-order valence-electron chi connectivity index (χ2n) is 16.1. The Bertz CT molecular complexity index is 2320. The van der Waals surface area contributed by atoms with Crippen LogP contribution in [0.4, 0.5) is 4.39 Å². The van der Waals surface area contributed by atoms with Crippen molar-refractivity contribution in [2.24, 2.45) is 0 Å². The highest BCUT2D eigenvalue weighted by Gasteiger charge is 2.21. The first-order chi connectivity index (χ1) is 28.6. The standard InChI is InChI=1S/C26H29FO2.C24H27ClN2O3S/c1-4-28-22-15-13-21(14-16-22)26(2,3)18-8-9-20-12-17-24(27)25(19-20)29-23-10-6-5-7-11-23;1-16-13-19(30-18-9-7-6-8-10-18)14-17(2)22(16)29-11-12-31-20-15-26-27(24(3,4)5)23(28)21(20)25/h5-7,10-17,19H,4,8-9,18H2,1-3H3;6-10,13-15H,11-12H2,1-5H3. The maximum absolute atomic E-state index is 14.1. The molecule has 0 aliphatic carbocycles. The van der Waals surface area contributed by atoms with Gasteiger partial charge in [-0.05, 0) is 149 Å². The second-order valence-corrected chi connectivity index (χ2v) is 17.6. The van der Waals surface area contributed by atoms with Gasteiger partial charge in [-0.1, -0.05) is 80.0 Å². The fourth-order valence-corrected chi connectivity index (χ4v) is 7.57. The van der Waals surface area contributed by atoms with E-state index in [9.17, 15) is 9.18 Å². The van der Waals surface area contributed by atoms with Crippen LogP contribution in [0.15, 0.2) is 131 Å². The minimum Gasteiger partial charge on any atom is -0.494 e. The average molecular weight is 852 g/mol. The minimum absolute atomic E-state index is 0.0636. The first kappa shape index (κ1) is 45.8. The van der Waals surface area contributed by atoms with Crippen molar-refractivity contribution in [1.29, 1.82) is 0 Å². The highest BCUT2D eigenvalue weighted by Crippen LogP contribution is 2.33. The van der Waals surface area contributed by atoms with Crippen LogP contribution in [0.25, 0.3) is 0 Å². The molecule has 6 aromatic rings. The number of hydrogen-bond acceptors (Lipinski definition) is 7. The first-order valence-electron chi connectivity index (χ1n) is 20.3. The molecule has 0 bridgehead atoms. The third-order valence-electron chi connectivity index (χ3n) is 9.70. The van der Waals surface area contributed by atoms with Crippen molar-refractivity contribution < 1.29 is 23.3 Å². The number of benzene rings is 5. The summed E-state index contributed by atoms with van der Waals surface area (Å²) in [5.41, 5.74) is 3.76. The summed E-state index contributed by atoms with van der Waals surface area (Å²) in [5, 5.41) is 4.46. The molecular formula is C50H56ClFN2O5S. The Morgan fingerprint density at radius 3 is 1.97 bits per heavy atom. The van der Waals surface area contributed by atoms with Gasteiger partial charge >= 0.3 is 0 Å². The molecule has 0 N–H and O–H groups in total. The van der Waals surface area contributed by atoms with Crippen molar-refractivity contribution in [1.82, 2.24) is 9.78 Å². The summed E-state index contributed by atoms with van der Waals surface area (Å²) >= 11 is 7.74. The number of ether oxygens (including phenoxy) is 4. The molecule has 1 aromatic heterocycles. The van der Waals surface area contributed by atoms with Crippen LogP contribution in [0.1, 0.15) is 76.6 Å². The number of aromatic nitrogens is 2. The molecule has 6 rings (SSSR count). The van der Waals surface area contributed by atoms with Crippen LogP contribution in [0, 0.1) is 19.7 Å². The predicted molar refractivity (Wildman–Crippen MR) is 244 cm³/mol. The van der Waals surface area contributed by atoms with Crippen LogP contribution in [0.3, 0.4) is 0 Å². The molecule has 5 aromatic carbocycles. The average Bonchev–Trinajstić information content (AvgIpc) is 3.21. The van der Waals surface area contributed by atoms with Gasteiger partial charge in [0.2, 0.25) is 0 Å². The lowest BCUT2D eigenvalue weighted by Gasteiger charge is -2.25. The van der Waals surface area contributed by atoms with E-state index in [-0.39, 0.29) is 27.6 Å². The van der Waals surface area contributed by atoms with Gasteiger partial charge in [0.1, 0.15) is 33.8 Å². The molecule has 1 heterocycles. The largest absolute Gasteiger partial charge is 0.494 e. The van der Waals surface area contributed by atoms with Crippen molar-refractivity contribution in [2.75, 3.05) is 19.0 Å². The van der Waals surface area contributed by atoms with Gasteiger partial charge in [0.25, 0.3) is 5.56 Å². The van der Waals surface area contributed by atoms with Crippen LogP contribution in [0.5, 0.6) is 34.5 Å². The van der Waals surface area contributed by atoms with E-state index in [0.717, 1.165) is 59.0 Å². The zero-order valence-electron chi connectivity index (χ0n) is 35.9. The Hall–Kier alpha value is -5.25. The molecule has 0 fully saturated rings. The van der Waals surface area contributed by atoms with Gasteiger partial charge in [0.15, 0.2) is 11.6 Å². The van der Waals surface area contributed by atoms with Gasteiger partial charge in [-0.15, -0.1) is 11.8 Å². The van der Waals surface area contributed by atoms with Gasteiger partial charge in [0, 0.05) is 5.75 Å². The second kappa shape index (κ2) is 21.3. The Morgan fingerprint density at radius 2 is 1.37 bits per heavy atom. The zero-order valence-corrected chi connectivity index (χ0v) is 37.5. The lowest BCUT2D eigenvalue weighted by atomic mass is 9.80. The molecule has 0 aliphatic rings. The molecule has 0 saturated carbocycles. The van der Waals surface area contributed by atoms with E-state index < -0.39 is 5.54 Å². The number of thioether (sulfide) groups is 1. The molecule has 0 saturated heterocycles. The highest BCUT2D eigenvalue weighted by atomic mass is 35.5. The highest BCUT2D eigenvalue weighted by molar-refractivity contribution is 7.99. The quantitative estimate of drug-likeness (QED) is 0.0709. The van der Waals surface area contributed by atoms with Gasteiger partial charge in [-0.25, -0.2) is 9.07 Å². The summed E-state index contributed by atoms with van der Waals surface area (Å²) in [5.74, 6) is 4.54. The summed E-state index contributed by atoms with van der Waals surface area (Å²) in [6.07, 6.45) is 4.57. The molecule has 316 valence electrons. The van der Waals surface area contributed by atoms with Crippen LogP contribution in [-0.2, 0) is 17.4 Å². The molecule has 0 spiro atoms. The summed E-state index contributed by atoms with van der Waals surface area (Å²) in [6.45, 7) is 17.4. The zero-order chi connectivity index (χ0) is 43.3. The maximum Gasteiger partial charge on any atom is 0.287 e. The fraction of sp³-hybridized carbons (Fsp3) is 0.320. The number of nitrogens with zero attached hydrogens (tertiary/aromatic N) is 2. The SMILES string of the molecule is CCOc1ccc(C(C)(C)CCCc2ccc(F)c(Oc3ccccc3)c2)cc1.Cc1cc(Oc2ccccc2)cc(C)c1OCCSc1cnn(C(C)(C)C)c(=O)c1Cl. The summed E-state index contributed by atoms with van der Waals surface area (Å²) in [6, 6.07) is 36.4. The van der Waals surface area contributed by atoms with E-state index in [2.05, 4.69) is 31.1 Å². The maximum atomic E-state index is 14.1. The molecular weight excluding hydrogens is 795 g/mol. The number of halogens is 2. The third kappa shape index (κ3) is 13.1. The van der Waals surface area contributed by atoms with Crippen LogP contribution >= 0.6 is 23.4 Å². The Labute approximate surface area is 363 Å². The lowest BCUT2D eigenvalue weighted by Crippen LogP contribution is -2.36. The summed E-state index contributed by atoms with van der Waals surface area (Å²) < 4.78 is 38.7. The lowest BCUT2D eigenvalue weighted by molar-refractivity contribution is 0.335. The van der Waals surface area contributed by atoms with Crippen molar-refractivity contribution in [3.8, 4) is 34.5 Å². The van der Waals surface area contributed by atoms with Crippen molar-refractivity contribution in [2.45, 2.75) is 90.5 Å². The molecule has 0 amide bonds.